The molecule has 1 aromatic heterocycles. The van der Waals surface area contributed by atoms with Crippen molar-refractivity contribution in [3.05, 3.63) is 77.3 Å². The van der Waals surface area contributed by atoms with Gasteiger partial charge in [0.25, 0.3) is 0 Å². The van der Waals surface area contributed by atoms with Crippen molar-refractivity contribution >= 4 is 67.4 Å². The number of anilines is 1. The number of ether oxygens (including phenoxy) is 1. The van der Waals surface area contributed by atoms with Crippen LogP contribution in [0.1, 0.15) is 62.3 Å². The van der Waals surface area contributed by atoms with Crippen molar-refractivity contribution in [3.8, 4) is 5.75 Å². The second kappa shape index (κ2) is 11.5. The van der Waals surface area contributed by atoms with E-state index in [0.29, 0.717) is 16.4 Å². The van der Waals surface area contributed by atoms with E-state index in [1.54, 1.807) is 0 Å². The van der Waals surface area contributed by atoms with Gasteiger partial charge >= 0.3 is 14.4 Å². The van der Waals surface area contributed by atoms with Crippen LogP contribution in [0.3, 0.4) is 0 Å². The van der Waals surface area contributed by atoms with Gasteiger partial charge in [-0.05, 0) is 69.1 Å². The van der Waals surface area contributed by atoms with E-state index in [-0.39, 0.29) is 5.04 Å². The zero-order valence-corrected chi connectivity index (χ0v) is 28.6. The summed E-state index contributed by atoms with van der Waals surface area (Å²) in [6.07, 6.45) is -0.625. The number of aromatic nitrogens is 1. The predicted molar refractivity (Wildman–Crippen MR) is 175 cm³/mol. The third kappa shape index (κ3) is 7.02. The standard InChI is InChI=1S/C32H39BrN2O4SSi/c1-30(2,3)37-29(36)35(39-31(4,5)6)28-34-27-25(20-22(33)21-26(27)40-28)38-41(32(7,8)9,23-16-12-10-13-17-23)24-18-14-11-15-19-24/h10-21H,1-9H3. The molecule has 0 bridgehead atoms. The number of carbonyl (C=O) groups excluding carboxylic acids is 1. The fourth-order valence-electron chi connectivity index (χ4n) is 4.67. The van der Waals surface area contributed by atoms with Crippen molar-refractivity contribution in [1.29, 1.82) is 0 Å². The molecule has 4 rings (SSSR count). The molecule has 0 aliphatic carbocycles. The number of amides is 1. The summed E-state index contributed by atoms with van der Waals surface area (Å²) in [6, 6.07) is 24.9. The maximum atomic E-state index is 13.3. The van der Waals surface area contributed by atoms with Crippen LogP contribution in [-0.2, 0) is 9.57 Å². The predicted octanol–water partition coefficient (Wildman–Crippen LogP) is 8.47. The van der Waals surface area contributed by atoms with Gasteiger partial charge < -0.3 is 9.16 Å². The molecule has 0 unspecified atom stereocenters. The lowest BCUT2D eigenvalue weighted by Gasteiger charge is -2.43. The van der Waals surface area contributed by atoms with Crippen LogP contribution in [0.15, 0.2) is 77.3 Å². The molecule has 0 fully saturated rings. The van der Waals surface area contributed by atoms with Crippen LogP contribution in [0.4, 0.5) is 9.93 Å². The Morgan fingerprint density at radius 2 is 1.37 bits per heavy atom. The summed E-state index contributed by atoms with van der Waals surface area (Å²) >= 11 is 5.04. The SMILES string of the molecule is CC(C)(C)OC(=O)N(OC(C)(C)C)c1nc2c(O[Si](c3ccccc3)(c3ccccc3)C(C)(C)C)cc(Br)cc2s1. The highest BCUT2D eigenvalue weighted by Gasteiger charge is 2.52. The van der Waals surface area contributed by atoms with E-state index in [1.807, 2.05) is 65.8 Å². The molecule has 0 aliphatic rings. The lowest BCUT2D eigenvalue weighted by atomic mass is 10.2. The Balaban J connectivity index is 1.92. The van der Waals surface area contributed by atoms with Gasteiger partial charge in [0.2, 0.25) is 5.13 Å². The normalized spacial score (nSPS) is 12.8. The quantitative estimate of drug-likeness (QED) is 0.154. The number of thiazole rings is 1. The Morgan fingerprint density at radius 1 is 0.829 bits per heavy atom. The number of fused-ring (bicyclic) bond motifs is 1. The number of carbonyl (C=O) groups is 1. The van der Waals surface area contributed by atoms with Gasteiger partial charge in [0.15, 0.2) is 0 Å². The lowest BCUT2D eigenvalue weighted by Crippen LogP contribution is -2.68. The summed E-state index contributed by atoms with van der Waals surface area (Å²) in [5.74, 6) is 0.645. The summed E-state index contributed by atoms with van der Waals surface area (Å²) in [6.45, 7) is 17.8. The number of benzene rings is 3. The maximum Gasteiger partial charge on any atom is 0.441 e. The highest BCUT2D eigenvalue weighted by atomic mass is 79.9. The molecule has 0 atom stereocenters. The van der Waals surface area contributed by atoms with Crippen LogP contribution < -0.4 is 19.9 Å². The van der Waals surface area contributed by atoms with Crippen molar-refractivity contribution in [2.24, 2.45) is 0 Å². The zero-order valence-electron chi connectivity index (χ0n) is 25.2. The number of hydrogen-bond acceptors (Lipinski definition) is 6. The minimum atomic E-state index is -2.93. The zero-order chi connectivity index (χ0) is 30.2. The average molecular weight is 656 g/mol. The molecular formula is C32H39BrN2O4SSi. The van der Waals surface area contributed by atoms with E-state index in [1.165, 1.54) is 11.3 Å². The minimum absolute atomic E-state index is 0.235. The number of hydroxylamine groups is 1. The van der Waals surface area contributed by atoms with Crippen LogP contribution in [0, 0.1) is 0 Å². The molecule has 4 aromatic rings. The average Bonchev–Trinajstić information content (AvgIpc) is 3.28. The van der Waals surface area contributed by atoms with E-state index in [0.717, 1.165) is 24.6 Å². The summed E-state index contributed by atoms with van der Waals surface area (Å²) in [4.78, 5) is 24.3. The first-order valence-electron chi connectivity index (χ1n) is 13.6. The number of rotatable bonds is 6. The van der Waals surface area contributed by atoms with E-state index < -0.39 is 25.6 Å². The van der Waals surface area contributed by atoms with Crippen LogP contribution in [0.2, 0.25) is 5.04 Å². The van der Waals surface area contributed by atoms with Gasteiger partial charge in [-0.1, -0.05) is 109 Å². The fourth-order valence-corrected chi connectivity index (χ4v) is 10.6. The molecule has 1 amide bonds. The van der Waals surface area contributed by atoms with Crippen molar-refractivity contribution in [1.82, 2.24) is 4.98 Å². The highest BCUT2D eigenvalue weighted by molar-refractivity contribution is 9.10. The molecule has 9 heteroatoms. The minimum Gasteiger partial charge on any atom is -0.532 e. The van der Waals surface area contributed by atoms with Crippen LogP contribution in [0.5, 0.6) is 5.75 Å². The molecule has 0 N–H and O–H groups in total. The van der Waals surface area contributed by atoms with Gasteiger partial charge in [-0.15, -0.1) is 5.06 Å². The van der Waals surface area contributed by atoms with Gasteiger partial charge in [-0.25, -0.2) is 9.78 Å². The summed E-state index contributed by atoms with van der Waals surface area (Å²) in [5.41, 5.74) is -0.704. The number of hydrogen-bond donors (Lipinski definition) is 0. The first-order chi connectivity index (χ1) is 19.0. The van der Waals surface area contributed by atoms with Crippen LogP contribution >= 0.6 is 27.3 Å². The first kappa shape index (κ1) is 31.2. The van der Waals surface area contributed by atoms with Crippen molar-refractivity contribution < 1.29 is 18.8 Å². The maximum absolute atomic E-state index is 13.3. The first-order valence-corrected chi connectivity index (χ1v) is 17.1. The van der Waals surface area contributed by atoms with Crippen LogP contribution in [0.25, 0.3) is 10.2 Å². The van der Waals surface area contributed by atoms with Crippen LogP contribution in [-0.4, -0.2) is 30.6 Å². The smallest absolute Gasteiger partial charge is 0.441 e. The molecule has 0 saturated heterocycles. The molecule has 0 spiro atoms. The third-order valence-electron chi connectivity index (χ3n) is 6.19. The summed E-state index contributed by atoms with van der Waals surface area (Å²) in [5, 5.41) is 3.62. The van der Waals surface area contributed by atoms with Gasteiger partial charge in [0.1, 0.15) is 16.9 Å². The Bertz CT molecular complexity index is 1470. The molecule has 1 heterocycles. The second-order valence-corrected chi connectivity index (χ2v) is 19.1. The molecule has 218 valence electrons. The Kier molecular flexibility index (Phi) is 8.77. The monoisotopic (exact) mass is 654 g/mol. The Morgan fingerprint density at radius 3 is 1.83 bits per heavy atom. The largest absolute Gasteiger partial charge is 0.532 e. The van der Waals surface area contributed by atoms with Gasteiger partial charge in [0, 0.05) is 4.47 Å². The third-order valence-corrected chi connectivity index (χ3v) is 12.6. The van der Waals surface area contributed by atoms with Gasteiger partial charge in [-0.2, -0.15) is 0 Å². The van der Waals surface area contributed by atoms with Crippen molar-refractivity contribution in [3.63, 3.8) is 0 Å². The topological polar surface area (TPSA) is 60.9 Å². The van der Waals surface area contributed by atoms with Gasteiger partial charge in [-0.3, -0.25) is 4.84 Å². The van der Waals surface area contributed by atoms with Crippen molar-refractivity contribution in [2.45, 2.75) is 78.6 Å². The van der Waals surface area contributed by atoms with E-state index in [4.69, 9.17) is 19.0 Å². The molecule has 0 saturated carbocycles. The Labute approximate surface area is 256 Å². The van der Waals surface area contributed by atoms with Crippen molar-refractivity contribution in [2.75, 3.05) is 5.06 Å². The number of halogens is 1. The fraction of sp³-hybridized carbons (Fsp3) is 0.375. The Hall–Kier alpha value is -2.72. The molecular weight excluding hydrogens is 616 g/mol. The molecule has 3 aromatic carbocycles. The second-order valence-electron chi connectivity index (χ2n) is 13.0. The number of nitrogens with zero attached hydrogens (tertiary/aromatic N) is 2. The molecule has 0 radical (unpaired) electrons. The lowest BCUT2D eigenvalue weighted by molar-refractivity contribution is -0.0355. The summed E-state index contributed by atoms with van der Waals surface area (Å²) in [7, 11) is -2.93. The van der Waals surface area contributed by atoms with E-state index >= 15 is 0 Å². The molecule has 6 nitrogen and oxygen atoms in total. The highest BCUT2D eigenvalue weighted by Crippen LogP contribution is 2.43. The van der Waals surface area contributed by atoms with E-state index in [9.17, 15) is 4.79 Å². The molecule has 41 heavy (non-hydrogen) atoms. The van der Waals surface area contributed by atoms with Gasteiger partial charge in [0.05, 0.1) is 10.3 Å². The van der Waals surface area contributed by atoms with E-state index in [2.05, 4.69) is 85.2 Å². The molecule has 0 aliphatic heterocycles. The summed E-state index contributed by atoms with van der Waals surface area (Å²) < 4.78 is 14.7.